The number of nitrogens with one attached hydrogen (secondary N) is 1. The van der Waals surface area contributed by atoms with Crippen LogP contribution in [0.4, 0.5) is 0 Å². The summed E-state index contributed by atoms with van der Waals surface area (Å²) in [4.78, 5) is 11.6. The Balaban J connectivity index is 2.35. The fourth-order valence-corrected chi connectivity index (χ4v) is 1.67. The average Bonchev–Trinajstić information content (AvgIpc) is 2.48. The van der Waals surface area contributed by atoms with Crippen LogP contribution in [0.25, 0.3) is 0 Å². The molecule has 0 aliphatic rings. The first-order chi connectivity index (χ1) is 9.76. The first-order valence-corrected chi connectivity index (χ1v) is 6.79. The first kappa shape index (κ1) is 16.2. The van der Waals surface area contributed by atoms with Crippen molar-refractivity contribution in [1.82, 2.24) is 5.32 Å². The van der Waals surface area contributed by atoms with Gasteiger partial charge in [0.2, 0.25) is 5.91 Å². The van der Waals surface area contributed by atoms with E-state index >= 15 is 0 Å². The summed E-state index contributed by atoms with van der Waals surface area (Å²) < 4.78 is 5.18. The summed E-state index contributed by atoms with van der Waals surface area (Å²) in [6, 6.07) is 7.60. The highest BCUT2D eigenvalue weighted by Crippen LogP contribution is 2.04. The molecule has 0 aliphatic carbocycles. The molecular weight excluding hydrogens is 254 g/mol. The number of aliphatic hydroxyl groups excluding tert-OH is 1. The number of carbonyl (C=O) groups excluding carboxylic acids is 1. The lowest BCUT2D eigenvalue weighted by Gasteiger charge is -2.06. The first-order valence-electron chi connectivity index (χ1n) is 6.79. The molecule has 0 aromatic heterocycles. The summed E-state index contributed by atoms with van der Waals surface area (Å²) in [6.45, 7) is 3.58. The van der Waals surface area contributed by atoms with Crippen molar-refractivity contribution in [2.75, 3.05) is 19.8 Å². The molecule has 0 aliphatic heterocycles. The van der Waals surface area contributed by atoms with E-state index in [1.165, 1.54) is 0 Å². The Kier molecular flexibility index (Phi) is 8.13. The van der Waals surface area contributed by atoms with Crippen molar-refractivity contribution in [2.24, 2.45) is 0 Å². The molecule has 0 unspecified atom stereocenters. The van der Waals surface area contributed by atoms with Crippen LogP contribution in [-0.4, -0.2) is 30.8 Å². The number of hydrogen-bond donors (Lipinski definition) is 2. The zero-order valence-corrected chi connectivity index (χ0v) is 11.8. The van der Waals surface area contributed by atoms with Crippen molar-refractivity contribution in [1.29, 1.82) is 0 Å². The number of hydrogen-bond acceptors (Lipinski definition) is 3. The van der Waals surface area contributed by atoms with Crippen LogP contribution in [-0.2, 0) is 16.1 Å². The zero-order chi connectivity index (χ0) is 14.6. The minimum Gasteiger partial charge on any atom is -0.384 e. The van der Waals surface area contributed by atoms with Gasteiger partial charge in [0.05, 0.1) is 0 Å². The normalized spacial score (nSPS) is 9.70. The monoisotopic (exact) mass is 275 g/mol. The topological polar surface area (TPSA) is 58.6 Å². The predicted molar refractivity (Wildman–Crippen MR) is 78.0 cm³/mol. The minimum absolute atomic E-state index is 0.0246. The fourth-order valence-electron chi connectivity index (χ4n) is 1.67. The average molecular weight is 275 g/mol. The molecule has 0 bridgehead atoms. The molecule has 0 saturated carbocycles. The Bertz CT molecular complexity index is 474. The number of amides is 1. The number of aliphatic hydroxyl groups is 1. The smallest absolute Gasteiger partial charge is 0.220 e. The van der Waals surface area contributed by atoms with E-state index in [-0.39, 0.29) is 12.5 Å². The van der Waals surface area contributed by atoms with Crippen LogP contribution in [0.2, 0.25) is 0 Å². The Labute approximate surface area is 120 Å². The Morgan fingerprint density at radius 2 is 2.30 bits per heavy atom. The molecule has 0 spiro atoms. The number of benzene rings is 1. The molecular formula is C16H21NO3. The molecule has 0 fully saturated rings. The second kappa shape index (κ2) is 10.0. The van der Waals surface area contributed by atoms with Gasteiger partial charge in [-0.15, -0.1) is 0 Å². The lowest BCUT2D eigenvalue weighted by molar-refractivity contribution is -0.121. The van der Waals surface area contributed by atoms with Gasteiger partial charge in [0.15, 0.2) is 0 Å². The lowest BCUT2D eigenvalue weighted by Crippen LogP contribution is -2.22. The molecule has 4 heteroatoms. The van der Waals surface area contributed by atoms with E-state index < -0.39 is 0 Å². The fraction of sp³-hybridized carbons (Fsp3) is 0.438. The summed E-state index contributed by atoms with van der Waals surface area (Å²) in [5.74, 6) is 5.47. The van der Waals surface area contributed by atoms with Crippen molar-refractivity contribution in [2.45, 2.75) is 26.3 Å². The highest BCUT2D eigenvalue weighted by atomic mass is 16.5. The van der Waals surface area contributed by atoms with Crippen molar-refractivity contribution in [3.05, 3.63) is 35.4 Å². The summed E-state index contributed by atoms with van der Waals surface area (Å²) in [7, 11) is 0. The molecule has 0 radical (unpaired) electrons. The number of rotatable bonds is 7. The Morgan fingerprint density at radius 3 is 3.05 bits per heavy atom. The third-order valence-corrected chi connectivity index (χ3v) is 2.63. The van der Waals surface area contributed by atoms with Gasteiger partial charge in [-0.3, -0.25) is 4.79 Å². The molecule has 1 aromatic rings. The van der Waals surface area contributed by atoms with Gasteiger partial charge in [-0.1, -0.05) is 24.0 Å². The largest absolute Gasteiger partial charge is 0.384 e. The van der Waals surface area contributed by atoms with Crippen LogP contribution in [0.5, 0.6) is 0 Å². The van der Waals surface area contributed by atoms with Gasteiger partial charge >= 0.3 is 0 Å². The number of carbonyl (C=O) groups is 1. The lowest BCUT2D eigenvalue weighted by atomic mass is 10.1. The van der Waals surface area contributed by atoms with Crippen molar-refractivity contribution in [3.63, 3.8) is 0 Å². The van der Waals surface area contributed by atoms with E-state index in [2.05, 4.69) is 17.2 Å². The molecule has 0 saturated heterocycles. The van der Waals surface area contributed by atoms with Crippen molar-refractivity contribution in [3.8, 4) is 11.8 Å². The Hall–Kier alpha value is -1.83. The van der Waals surface area contributed by atoms with Crippen molar-refractivity contribution < 1.29 is 14.6 Å². The summed E-state index contributed by atoms with van der Waals surface area (Å²) >= 11 is 0. The summed E-state index contributed by atoms with van der Waals surface area (Å²) in [5.41, 5.74) is 1.83. The molecule has 1 rings (SSSR count). The van der Waals surface area contributed by atoms with E-state index in [1.54, 1.807) is 0 Å². The molecule has 0 heterocycles. The SMILES string of the molecule is CCOCCCC(=O)NCc1cccc(C#CCO)c1. The molecule has 1 aromatic carbocycles. The standard InChI is InChI=1S/C16H21NO3/c1-2-20-11-5-9-16(19)17-13-15-7-3-6-14(12-15)8-4-10-18/h3,6-7,12,18H,2,5,9-11,13H2,1H3,(H,17,19). The molecule has 20 heavy (non-hydrogen) atoms. The van der Waals surface area contributed by atoms with E-state index in [4.69, 9.17) is 9.84 Å². The van der Waals surface area contributed by atoms with Gasteiger partial charge in [0, 0.05) is 31.7 Å². The van der Waals surface area contributed by atoms with Gasteiger partial charge in [-0.05, 0) is 31.0 Å². The van der Waals surface area contributed by atoms with E-state index in [0.29, 0.717) is 26.2 Å². The molecule has 0 atom stereocenters. The second-order valence-corrected chi connectivity index (χ2v) is 4.24. The third-order valence-electron chi connectivity index (χ3n) is 2.63. The van der Waals surface area contributed by atoms with Gasteiger partial charge in [0.25, 0.3) is 0 Å². The van der Waals surface area contributed by atoms with Gasteiger partial charge in [-0.2, -0.15) is 0 Å². The van der Waals surface area contributed by atoms with Crippen molar-refractivity contribution >= 4 is 5.91 Å². The van der Waals surface area contributed by atoms with Crippen LogP contribution < -0.4 is 5.32 Å². The third kappa shape index (κ3) is 6.93. The van der Waals surface area contributed by atoms with E-state index in [9.17, 15) is 4.79 Å². The minimum atomic E-state index is -0.152. The van der Waals surface area contributed by atoms with Crippen LogP contribution >= 0.6 is 0 Å². The predicted octanol–water partition coefficient (Wildman–Crippen LogP) is 1.46. The summed E-state index contributed by atoms with van der Waals surface area (Å²) in [5, 5.41) is 11.5. The quantitative estimate of drug-likeness (QED) is 0.585. The molecule has 2 N–H and O–H groups in total. The van der Waals surface area contributed by atoms with E-state index in [1.807, 2.05) is 31.2 Å². The number of ether oxygens (including phenoxy) is 1. The van der Waals surface area contributed by atoms with Crippen LogP contribution in [0.1, 0.15) is 30.9 Å². The second-order valence-electron chi connectivity index (χ2n) is 4.24. The molecule has 1 amide bonds. The maximum absolute atomic E-state index is 11.6. The Morgan fingerprint density at radius 1 is 1.45 bits per heavy atom. The van der Waals surface area contributed by atoms with Gasteiger partial charge in [-0.25, -0.2) is 0 Å². The highest BCUT2D eigenvalue weighted by molar-refractivity contribution is 5.75. The van der Waals surface area contributed by atoms with Crippen LogP contribution in [0.15, 0.2) is 24.3 Å². The van der Waals surface area contributed by atoms with Gasteiger partial charge < -0.3 is 15.2 Å². The molecule has 4 nitrogen and oxygen atoms in total. The van der Waals surface area contributed by atoms with Crippen LogP contribution in [0, 0.1) is 11.8 Å². The maximum Gasteiger partial charge on any atom is 0.220 e. The van der Waals surface area contributed by atoms with Gasteiger partial charge in [0.1, 0.15) is 6.61 Å². The van der Waals surface area contributed by atoms with Crippen LogP contribution in [0.3, 0.4) is 0 Å². The maximum atomic E-state index is 11.6. The zero-order valence-electron chi connectivity index (χ0n) is 11.8. The van der Waals surface area contributed by atoms with E-state index in [0.717, 1.165) is 17.5 Å². The molecule has 108 valence electrons. The highest BCUT2D eigenvalue weighted by Gasteiger charge is 2.01. The summed E-state index contributed by atoms with van der Waals surface area (Å²) in [6.07, 6.45) is 1.21.